The van der Waals surface area contributed by atoms with E-state index in [-0.39, 0.29) is 0 Å². The highest BCUT2D eigenvalue weighted by Crippen LogP contribution is 2.29. The van der Waals surface area contributed by atoms with Crippen LogP contribution < -0.4 is 0 Å². The lowest BCUT2D eigenvalue weighted by molar-refractivity contribution is -0.131. The number of ketones is 1. The van der Waals surface area contributed by atoms with E-state index in [4.69, 9.17) is 28.3 Å². The van der Waals surface area contributed by atoms with Gasteiger partial charge in [0.25, 0.3) is 0 Å². The van der Waals surface area contributed by atoms with Crippen LogP contribution in [0.1, 0.15) is 16.1 Å². The average Bonchev–Trinajstić information content (AvgIpc) is 2.69. The van der Waals surface area contributed by atoms with Gasteiger partial charge in [-0.25, -0.2) is 4.79 Å². The van der Waals surface area contributed by atoms with Crippen LogP contribution in [0.2, 0.25) is 0 Å². The number of carbonyl (C=O) groups excluding carboxylic acids is 1. The van der Waals surface area contributed by atoms with Crippen molar-refractivity contribution in [3.05, 3.63) is 45.6 Å². The number of halogens is 2. The summed E-state index contributed by atoms with van der Waals surface area (Å²) in [6.45, 7) is 1.77. The first-order valence-corrected chi connectivity index (χ1v) is 6.49. The first kappa shape index (κ1) is 14.6. The number of Topliss-reactive ketones (excluding diaryl/α,β-unsaturated/α-hetero) is 1. The largest absolute Gasteiger partial charge is 0.477 e. The Hall–Kier alpha value is -1.78. The van der Waals surface area contributed by atoms with Crippen LogP contribution in [0.3, 0.4) is 0 Å². The topological polar surface area (TPSA) is 59.3 Å². The van der Waals surface area contributed by atoms with Gasteiger partial charge in [0.1, 0.15) is 10.1 Å². The number of carboxylic acids is 1. The maximum absolute atomic E-state index is 12.4. The molecule has 0 spiro atoms. The molecule has 0 saturated carbocycles. The first-order chi connectivity index (χ1) is 9.36. The summed E-state index contributed by atoms with van der Waals surface area (Å²) in [7, 11) is 1.82. The summed E-state index contributed by atoms with van der Waals surface area (Å²) in [5.74, 6) is -2.02. The highest BCUT2D eigenvalue weighted by atomic mass is 35.5. The zero-order chi connectivity index (χ0) is 15.0. The average molecular weight is 312 g/mol. The fraction of sp³-hybridized carbons (Fsp3) is 0.143. The monoisotopic (exact) mass is 311 g/mol. The zero-order valence-electron chi connectivity index (χ0n) is 10.8. The van der Waals surface area contributed by atoms with Gasteiger partial charge in [0.05, 0.1) is 5.56 Å². The number of aryl methyl sites for hydroxylation is 1. The second kappa shape index (κ2) is 5.31. The van der Waals surface area contributed by atoms with Gasteiger partial charge in [0.15, 0.2) is 0 Å². The van der Waals surface area contributed by atoms with E-state index in [1.165, 1.54) is 0 Å². The third-order valence-electron chi connectivity index (χ3n) is 3.21. The molecule has 0 bridgehead atoms. The van der Waals surface area contributed by atoms with Crippen LogP contribution in [0.5, 0.6) is 0 Å². The number of aromatic nitrogens is 1. The summed E-state index contributed by atoms with van der Waals surface area (Å²) in [4.78, 5) is 23.2. The molecule has 0 aliphatic heterocycles. The van der Waals surface area contributed by atoms with Crippen molar-refractivity contribution in [2.45, 2.75) is 6.92 Å². The van der Waals surface area contributed by atoms with Crippen molar-refractivity contribution in [2.24, 2.45) is 7.05 Å². The maximum Gasteiger partial charge on any atom is 0.349 e. The van der Waals surface area contributed by atoms with Gasteiger partial charge in [-0.3, -0.25) is 4.79 Å². The third kappa shape index (κ3) is 2.21. The summed E-state index contributed by atoms with van der Waals surface area (Å²) < 4.78 is 1.85. The summed E-state index contributed by atoms with van der Waals surface area (Å²) in [5, 5.41) is 8.35. The predicted molar refractivity (Wildman–Crippen MR) is 78.4 cm³/mol. The van der Waals surface area contributed by atoms with E-state index in [0.29, 0.717) is 16.6 Å². The van der Waals surface area contributed by atoms with Gasteiger partial charge < -0.3 is 9.67 Å². The van der Waals surface area contributed by atoms with E-state index >= 15 is 0 Å². The minimum Gasteiger partial charge on any atom is -0.477 e. The van der Waals surface area contributed by atoms with Crippen LogP contribution in [-0.4, -0.2) is 21.4 Å². The quantitative estimate of drug-likeness (QED) is 0.697. The Morgan fingerprint density at radius 3 is 2.35 bits per heavy atom. The molecule has 20 heavy (non-hydrogen) atoms. The molecule has 0 aliphatic rings. The highest BCUT2D eigenvalue weighted by molar-refractivity contribution is 6.55. The zero-order valence-corrected chi connectivity index (χ0v) is 12.3. The fourth-order valence-corrected chi connectivity index (χ4v) is 2.37. The molecule has 4 nitrogen and oxygen atoms in total. The molecular weight excluding hydrogens is 301 g/mol. The molecule has 2 aromatic rings. The minimum absolute atomic E-state index is 0.368. The molecule has 1 N–H and O–H groups in total. The van der Waals surface area contributed by atoms with E-state index in [9.17, 15) is 9.59 Å². The van der Waals surface area contributed by atoms with E-state index < -0.39 is 21.8 Å². The molecule has 0 amide bonds. The first-order valence-electron chi connectivity index (χ1n) is 5.73. The SMILES string of the molecule is Cc1c(C(=O)C(Cl)=C(Cl)C(=O)O)c2ccccc2n1C. The Kier molecular flexibility index (Phi) is 3.88. The smallest absolute Gasteiger partial charge is 0.349 e. The van der Waals surface area contributed by atoms with Gasteiger partial charge in [-0.2, -0.15) is 0 Å². The molecule has 0 saturated heterocycles. The van der Waals surface area contributed by atoms with Crippen LogP contribution in [0.15, 0.2) is 34.3 Å². The molecule has 0 atom stereocenters. The van der Waals surface area contributed by atoms with Crippen LogP contribution >= 0.6 is 23.2 Å². The van der Waals surface area contributed by atoms with E-state index in [1.54, 1.807) is 19.1 Å². The van der Waals surface area contributed by atoms with Gasteiger partial charge >= 0.3 is 5.97 Å². The highest BCUT2D eigenvalue weighted by Gasteiger charge is 2.24. The lowest BCUT2D eigenvalue weighted by atomic mass is 10.1. The normalized spacial score (nSPS) is 12.4. The number of hydrogen-bond acceptors (Lipinski definition) is 2. The van der Waals surface area contributed by atoms with Gasteiger partial charge in [-0.1, -0.05) is 41.4 Å². The van der Waals surface area contributed by atoms with Crippen molar-refractivity contribution in [2.75, 3.05) is 0 Å². The van der Waals surface area contributed by atoms with Crippen molar-refractivity contribution in [1.82, 2.24) is 4.57 Å². The van der Waals surface area contributed by atoms with E-state index in [2.05, 4.69) is 0 Å². The molecule has 0 fully saturated rings. The van der Waals surface area contributed by atoms with Crippen molar-refractivity contribution < 1.29 is 14.7 Å². The minimum atomic E-state index is -1.43. The summed E-state index contributed by atoms with van der Waals surface area (Å²) in [6, 6.07) is 7.32. The van der Waals surface area contributed by atoms with Crippen LogP contribution in [-0.2, 0) is 11.8 Å². The number of hydrogen-bond donors (Lipinski definition) is 1. The van der Waals surface area contributed by atoms with Gasteiger partial charge in [0, 0.05) is 23.6 Å². The summed E-state index contributed by atoms with van der Waals surface area (Å²) in [5.41, 5.74) is 1.93. The maximum atomic E-state index is 12.4. The summed E-state index contributed by atoms with van der Waals surface area (Å²) >= 11 is 11.3. The number of allylic oxidation sites excluding steroid dienone is 1. The lowest BCUT2D eigenvalue weighted by Crippen LogP contribution is -2.07. The molecule has 1 heterocycles. The van der Waals surface area contributed by atoms with Gasteiger partial charge in [-0.15, -0.1) is 0 Å². The van der Waals surface area contributed by atoms with Crippen LogP contribution in [0.25, 0.3) is 10.9 Å². The van der Waals surface area contributed by atoms with Gasteiger partial charge in [-0.05, 0) is 13.0 Å². The predicted octanol–water partition coefficient (Wildman–Crippen LogP) is 3.44. The lowest BCUT2D eigenvalue weighted by Gasteiger charge is -2.02. The molecule has 2 rings (SSSR count). The molecule has 0 unspecified atom stereocenters. The fourth-order valence-electron chi connectivity index (χ4n) is 2.11. The van der Waals surface area contributed by atoms with E-state index in [0.717, 1.165) is 5.52 Å². The Labute approximate surface area is 125 Å². The standard InChI is InChI=1S/C14H11Cl2NO3/c1-7-10(13(18)11(15)12(16)14(19)20)8-5-3-4-6-9(8)17(7)2/h3-6H,1-2H3,(H,19,20). The number of benzene rings is 1. The molecule has 6 heteroatoms. The van der Waals surface area contributed by atoms with Gasteiger partial charge in [0.2, 0.25) is 5.78 Å². The van der Waals surface area contributed by atoms with Crippen molar-refractivity contribution >= 4 is 45.9 Å². The number of para-hydroxylation sites is 1. The second-order valence-corrected chi connectivity index (χ2v) is 5.05. The van der Waals surface area contributed by atoms with Crippen LogP contribution in [0.4, 0.5) is 0 Å². The Bertz CT molecular complexity index is 759. The van der Waals surface area contributed by atoms with E-state index in [1.807, 2.05) is 23.7 Å². The Morgan fingerprint density at radius 1 is 1.15 bits per heavy atom. The number of carboxylic acid groups (broad SMARTS) is 1. The van der Waals surface area contributed by atoms with Crippen molar-refractivity contribution in [1.29, 1.82) is 0 Å². The Balaban J connectivity index is 2.71. The molecule has 1 aromatic carbocycles. The van der Waals surface area contributed by atoms with Crippen LogP contribution in [0, 0.1) is 6.92 Å². The van der Waals surface area contributed by atoms with Crippen molar-refractivity contribution in [3.63, 3.8) is 0 Å². The number of nitrogens with zero attached hydrogens (tertiary/aromatic N) is 1. The number of fused-ring (bicyclic) bond motifs is 1. The second-order valence-electron chi connectivity index (χ2n) is 4.30. The molecule has 0 radical (unpaired) electrons. The molecule has 104 valence electrons. The Morgan fingerprint density at radius 2 is 1.75 bits per heavy atom. The molecule has 0 aliphatic carbocycles. The molecule has 1 aromatic heterocycles. The third-order valence-corrected chi connectivity index (χ3v) is 4.01. The van der Waals surface area contributed by atoms with Crippen molar-refractivity contribution in [3.8, 4) is 0 Å². The number of aliphatic carboxylic acids is 1. The molecular formula is C14H11Cl2NO3. The summed E-state index contributed by atoms with van der Waals surface area (Å²) in [6.07, 6.45) is 0. The number of carbonyl (C=O) groups is 2. The number of rotatable bonds is 3.